The van der Waals surface area contributed by atoms with E-state index in [0.717, 1.165) is 0 Å². The van der Waals surface area contributed by atoms with E-state index in [1.807, 2.05) is 0 Å². The van der Waals surface area contributed by atoms with Crippen molar-refractivity contribution in [3.8, 4) is 0 Å². The average Bonchev–Trinajstić information content (AvgIpc) is 2.02. The van der Waals surface area contributed by atoms with Gasteiger partial charge in [-0.05, 0) is 5.73 Å². The number of aliphatic imine (C=N–C) groups is 1. The Balaban J connectivity index is 0. The number of carbonyl (C=O) groups is 1. The second-order valence-corrected chi connectivity index (χ2v) is 4.33. The van der Waals surface area contributed by atoms with Crippen LogP contribution >= 0.6 is 23.2 Å². The van der Waals surface area contributed by atoms with Gasteiger partial charge in [0.2, 0.25) is 0 Å². The number of carboxylic acid groups (broad SMARTS) is 1. The first-order chi connectivity index (χ1) is 6.73. The Morgan fingerprint density at radius 3 is 2.00 bits per heavy atom. The Kier molecular flexibility index (Phi) is 8.86. The van der Waals surface area contributed by atoms with Gasteiger partial charge in [-0.1, -0.05) is 44.0 Å². The van der Waals surface area contributed by atoms with E-state index < -0.39 is 11.4 Å². The summed E-state index contributed by atoms with van der Waals surface area (Å²) in [7, 11) is 0. The van der Waals surface area contributed by atoms with Crippen LogP contribution in [-0.2, 0) is 24.3 Å². The molecule has 0 saturated carbocycles. The molecule has 7 heteroatoms. The summed E-state index contributed by atoms with van der Waals surface area (Å²) in [5, 5.41) is 13.9. The van der Waals surface area contributed by atoms with Gasteiger partial charge in [0.15, 0.2) is 10.3 Å². The van der Waals surface area contributed by atoms with Crippen LogP contribution in [0.5, 0.6) is 0 Å². The molecular weight excluding hydrogens is 304 g/mol. The third-order valence-electron chi connectivity index (χ3n) is 1.16. The van der Waals surface area contributed by atoms with Gasteiger partial charge in [0.1, 0.15) is 6.34 Å². The van der Waals surface area contributed by atoms with E-state index in [9.17, 15) is 9.90 Å². The third kappa shape index (κ3) is 8.93. The topological polar surface area (TPSA) is 66.6 Å². The van der Waals surface area contributed by atoms with Crippen LogP contribution in [0.2, 0.25) is 0 Å². The van der Waals surface area contributed by atoms with Gasteiger partial charge in [-0.2, -0.15) is 0 Å². The number of rotatable bonds is 0. The van der Waals surface area contributed by atoms with Crippen LogP contribution in [0.3, 0.4) is 0 Å². The minimum Gasteiger partial charge on any atom is -0.550 e. The standard InChI is InChI=1S/C5H10O2.C4HCl2N2.Zn/c1-5(2,3)4(6)7;5-3-1-4(6)8-2-7-3;/h1-3H3,(H,6,7);2H;/p-1. The molecule has 0 aromatic carbocycles. The summed E-state index contributed by atoms with van der Waals surface area (Å²) in [5.41, 5.74) is 1.78. The molecule has 0 saturated heterocycles. The summed E-state index contributed by atoms with van der Waals surface area (Å²) < 4.78 is 0. The predicted octanol–water partition coefficient (Wildman–Crippen LogP) is 1.17. The first-order valence-electron chi connectivity index (χ1n) is 4.00. The second-order valence-electron chi connectivity index (χ2n) is 3.62. The van der Waals surface area contributed by atoms with Crippen LogP contribution in [0, 0.1) is 5.41 Å². The second kappa shape index (κ2) is 7.86. The summed E-state index contributed by atoms with van der Waals surface area (Å²) >= 11 is 10.7. The van der Waals surface area contributed by atoms with Crippen molar-refractivity contribution in [3.63, 3.8) is 0 Å². The monoisotopic (exact) mass is 312 g/mol. The van der Waals surface area contributed by atoms with Gasteiger partial charge in [-0.15, -0.1) is 0 Å². The molecule has 0 atom stereocenters. The Morgan fingerprint density at radius 1 is 1.38 bits per heavy atom. The maximum Gasteiger partial charge on any atom is 0.176 e. The van der Waals surface area contributed by atoms with Crippen molar-refractivity contribution in [1.29, 1.82) is 0 Å². The van der Waals surface area contributed by atoms with E-state index in [4.69, 9.17) is 23.2 Å². The largest absolute Gasteiger partial charge is 0.550 e. The zero-order chi connectivity index (χ0) is 12.1. The molecule has 1 aliphatic rings. The Morgan fingerprint density at radius 2 is 1.81 bits per heavy atom. The molecule has 0 aromatic rings. The Labute approximate surface area is 117 Å². The van der Waals surface area contributed by atoms with Crippen molar-refractivity contribution >= 4 is 35.5 Å². The number of carboxylic acids is 1. The summed E-state index contributed by atoms with van der Waals surface area (Å²) in [4.78, 5) is 13.5. The van der Waals surface area contributed by atoms with E-state index in [1.54, 1.807) is 20.8 Å². The summed E-state index contributed by atoms with van der Waals surface area (Å²) in [6, 6.07) is 0. The SMILES string of the molecule is CC(C)(C)C(=O)[O-].ClC1=C=C(Cl)N=C[N]1.[Zn]. The number of aliphatic carboxylic acids is 1. The molecule has 4 nitrogen and oxygen atoms in total. The van der Waals surface area contributed by atoms with Gasteiger partial charge < -0.3 is 9.90 Å². The summed E-state index contributed by atoms with van der Waals surface area (Å²) in [6.45, 7) is 4.80. The molecule has 0 bridgehead atoms. The minimum atomic E-state index is -1.01. The van der Waals surface area contributed by atoms with Crippen molar-refractivity contribution in [2.75, 3.05) is 0 Å². The maximum absolute atomic E-state index is 9.91. The van der Waals surface area contributed by atoms with Gasteiger partial charge in [0, 0.05) is 30.9 Å². The molecule has 1 aliphatic heterocycles. The molecule has 0 unspecified atom stereocenters. The molecule has 0 aromatic heterocycles. The van der Waals surface area contributed by atoms with Crippen LogP contribution in [0.25, 0.3) is 0 Å². The molecule has 1 heterocycles. The fourth-order valence-corrected chi connectivity index (χ4v) is 0.595. The average molecular weight is 314 g/mol. The molecule has 0 spiro atoms. The van der Waals surface area contributed by atoms with Crippen molar-refractivity contribution in [2.24, 2.45) is 10.4 Å². The van der Waals surface area contributed by atoms with Gasteiger partial charge in [0.25, 0.3) is 0 Å². The van der Waals surface area contributed by atoms with E-state index in [0.29, 0.717) is 0 Å². The van der Waals surface area contributed by atoms with Crippen molar-refractivity contribution < 1.29 is 29.4 Å². The number of hydrogen-bond donors (Lipinski definition) is 0. The van der Waals surface area contributed by atoms with E-state index in [-0.39, 0.29) is 29.8 Å². The quantitative estimate of drug-likeness (QED) is 0.383. The van der Waals surface area contributed by atoms with Crippen molar-refractivity contribution in [3.05, 3.63) is 16.0 Å². The van der Waals surface area contributed by atoms with Crippen molar-refractivity contribution in [2.45, 2.75) is 20.8 Å². The summed E-state index contributed by atoms with van der Waals surface area (Å²) in [6.07, 6.45) is 1.28. The normalized spacial score (nSPS) is 13.3. The third-order valence-corrected chi connectivity index (χ3v) is 1.54. The van der Waals surface area contributed by atoms with Gasteiger partial charge in [-0.25, -0.2) is 10.3 Å². The minimum absolute atomic E-state index is 0. The van der Waals surface area contributed by atoms with E-state index in [2.05, 4.69) is 16.0 Å². The Bertz CT molecular complexity index is 342. The summed E-state index contributed by atoms with van der Waals surface area (Å²) in [5.74, 6) is -1.01. The molecule has 16 heavy (non-hydrogen) atoms. The molecule has 0 amide bonds. The smallest absolute Gasteiger partial charge is 0.176 e. The predicted molar refractivity (Wildman–Crippen MR) is 57.3 cm³/mol. The number of carbonyl (C=O) groups excluding carboxylic acids is 1. The molecule has 0 fully saturated rings. The zero-order valence-electron chi connectivity index (χ0n) is 9.25. The fraction of sp³-hybridized carbons (Fsp3) is 0.444. The van der Waals surface area contributed by atoms with Crippen LogP contribution in [-0.4, -0.2) is 12.3 Å². The van der Waals surface area contributed by atoms with Crippen LogP contribution < -0.4 is 10.4 Å². The molecule has 1 rings (SSSR count). The van der Waals surface area contributed by atoms with Crippen LogP contribution in [0.15, 0.2) is 21.0 Å². The molecule has 0 aliphatic carbocycles. The number of nitrogens with zero attached hydrogens (tertiary/aromatic N) is 2. The van der Waals surface area contributed by atoms with Crippen LogP contribution in [0.1, 0.15) is 20.8 Å². The van der Waals surface area contributed by atoms with E-state index in [1.165, 1.54) is 6.34 Å². The van der Waals surface area contributed by atoms with Gasteiger partial charge in [0.05, 0.1) is 0 Å². The first-order valence-corrected chi connectivity index (χ1v) is 4.76. The maximum atomic E-state index is 9.91. The number of hydrogen-bond acceptors (Lipinski definition) is 3. The van der Waals surface area contributed by atoms with Crippen LogP contribution in [0.4, 0.5) is 0 Å². The first kappa shape index (κ1) is 18.0. The molecular formula is C9H10Cl2N2O2Zn-. The van der Waals surface area contributed by atoms with Crippen molar-refractivity contribution in [1.82, 2.24) is 5.32 Å². The van der Waals surface area contributed by atoms with Gasteiger partial charge >= 0.3 is 0 Å². The molecule has 1 radical (unpaired) electrons. The Hall–Kier alpha value is -0.337. The van der Waals surface area contributed by atoms with Gasteiger partial charge in [-0.3, -0.25) is 0 Å². The van der Waals surface area contributed by atoms with E-state index >= 15 is 0 Å². The zero-order valence-corrected chi connectivity index (χ0v) is 13.7. The molecule has 85 valence electrons. The number of halogens is 2. The fourth-order valence-electron chi connectivity index (χ4n) is 0.280. The molecule has 0 N–H and O–H groups in total.